The fraction of sp³-hybridized carbons (Fsp3) is 0.167. The van der Waals surface area contributed by atoms with Crippen LogP contribution in [0.25, 0.3) is 65.7 Å². The van der Waals surface area contributed by atoms with Crippen molar-refractivity contribution in [2.45, 2.75) is 52.4 Å². The molecule has 0 atom stereocenters. The summed E-state index contributed by atoms with van der Waals surface area (Å²) in [5.41, 5.74) is 18.5. The summed E-state index contributed by atoms with van der Waals surface area (Å²) in [5, 5.41) is 6.38. The van der Waals surface area contributed by atoms with E-state index >= 15 is 0 Å². The molecule has 0 unspecified atom stereocenters. The fourth-order valence-corrected chi connectivity index (χ4v) is 10.00. The van der Waals surface area contributed by atoms with Crippen molar-refractivity contribution in [3.05, 3.63) is 133 Å². The lowest BCUT2D eigenvalue weighted by molar-refractivity contribution is 0.591. The Bertz CT molecular complexity index is 3250. The summed E-state index contributed by atoms with van der Waals surface area (Å²) < 4.78 is 5.15. The molecule has 0 radical (unpaired) electrons. The molecule has 7 heterocycles. The van der Waals surface area contributed by atoms with Gasteiger partial charge in [0, 0.05) is 45.0 Å². The molecule has 0 aliphatic carbocycles. The normalized spacial score (nSPS) is 14.0. The highest BCUT2D eigenvalue weighted by molar-refractivity contribution is 7.01. The lowest BCUT2D eigenvalue weighted by atomic mass is 9.34. The van der Waals surface area contributed by atoms with Crippen LogP contribution in [0.4, 0.5) is 17.1 Å². The lowest BCUT2D eigenvalue weighted by Gasteiger charge is -2.40. The second kappa shape index (κ2) is 9.89. The molecule has 0 amide bonds. The molecule has 0 N–H and O–H groups in total. The minimum absolute atomic E-state index is 0.0109. The first-order valence-corrected chi connectivity index (χ1v) is 19.1. The molecule has 0 spiro atoms. The molecule has 10 aromatic rings. The van der Waals surface area contributed by atoms with Crippen molar-refractivity contribution >= 4 is 100 Å². The topological polar surface area (TPSA) is 38.4 Å². The van der Waals surface area contributed by atoms with Gasteiger partial charge in [0.05, 0.1) is 56.4 Å². The van der Waals surface area contributed by atoms with E-state index in [1.54, 1.807) is 0 Å². The molecule has 0 fully saturated rings. The van der Waals surface area contributed by atoms with Crippen LogP contribution < -0.4 is 21.3 Å². The van der Waals surface area contributed by atoms with Crippen molar-refractivity contribution in [3.8, 4) is 5.69 Å². The molecule has 5 aromatic heterocycles. The van der Waals surface area contributed by atoms with Gasteiger partial charge < -0.3 is 13.9 Å². The maximum Gasteiger partial charge on any atom is 0.252 e. The number of benzene rings is 5. The Balaban J connectivity index is 1.43. The number of rotatable bonds is 1. The highest BCUT2D eigenvalue weighted by Crippen LogP contribution is 2.52. The Kier molecular flexibility index (Phi) is 5.55. The van der Waals surface area contributed by atoms with Gasteiger partial charge in [0.1, 0.15) is 0 Å². The average molecular weight is 696 g/mol. The lowest BCUT2D eigenvalue weighted by Crippen LogP contribution is -2.60. The minimum atomic E-state index is -0.0185. The smallest absolute Gasteiger partial charge is 0.252 e. The molecular weight excluding hydrogens is 657 g/mol. The number of para-hydroxylation sites is 2. The quantitative estimate of drug-likeness (QED) is 0.161. The standard InChI is InChI=1S/C48H38BN5/c1-47(2,3)27-16-18-36-31(24-27)39-44-40(32-25-28(48(4,5)6)17-19-37(32)53(36)44)46-41-45(39)52(29-12-8-7-9-13-29)38-26-50-22-20-33(38)49(41)34-21-23-51-42-30-14-10-11-15-35(30)54(46)43(34)42/h7-26H,1-6H3. The Morgan fingerprint density at radius 2 is 1.22 bits per heavy atom. The van der Waals surface area contributed by atoms with Gasteiger partial charge in [-0.05, 0) is 92.9 Å². The SMILES string of the molecule is CC(C)(C)c1ccc2c(c1)c1c3c4c(c5c6cc(C(C)(C)C)ccc6n2c15)-n1c2ccccc2c2nccc(c21)B4c1ccncc1N3c1ccccc1. The van der Waals surface area contributed by atoms with Crippen molar-refractivity contribution in [2.75, 3.05) is 4.90 Å². The Labute approximate surface area is 313 Å². The van der Waals surface area contributed by atoms with Gasteiger partial charge in [-0.1, -0.05) is 90.1 Å². The molecular formula is C48H38BN5. The highest BCUT2D eigenvalue weighted by atomic mass is 15.2. The van der Waals surface area contributed by atoms with Crippen LogP contribution in [0.1, 0.15) is 52.7 Å². The highest BCUT2D eigenvalue weighted by Gasteiger charge is 2.45. The van der Waals surface area contributed by atoms with Gasteiger partial charge >= 0.3 is 0 Å². The van der Waals surface area contributed by atoms with Gasteiger partial charge in [-0.15, -0.1) is 0 Å². The molecule has 5 aromatic carbocycles. The van der Waals surface area contributed by atoms with Gasteiger partial charge in [0.2, 0.25) is 0 Å². The Morgan fingerprint density at radius 3 is 1.93 bits per heavy atom. The van der Waals surface area contributed by atoms with E-state index in [-0.39, 0.29) is 17.5 Å². The summed E-state index contributed by atoms with van der Waals surface area (Å²) in [6, 6.07) is 38.7. The monoisotopic (exact) mass is 695 g/mol. The summed E-state index contributed by atoms with van der Waals surface area (Å²) in [6.07, 6.45) is 6.07. The van der Waals surface area contributed by atoms with E-state index in [0.29, 0.717) is 0 Å². The first-order chi connectivity index (χ1) is 26.1. The molecule has 258 valence electrons. The van der Waals surface area contributed by atoms with Crippen molar-refractivity contribution in [1.29, 1.82) is 0 Å². The fourth-order valence-electron chi connectivity index (χ4n) is 10.00. The summed E-state index contributed by atoms with van der Waals surface area (Å²) in [6.45, 7) is 13.9. The van der Waals surface area contributed by atoms with Crippen molar-refractivity contribution in [2.24, 2.45) is 0 Å². The van der Waals surface area contributed by atoms with Gasteiger partial charge in [-0.2, -0.15) is 0 Å². The van der Waals surface area contributed by atoms with E-state index in [1.165, 1.54) is 93.4 Å². The molecule has 0 bridgehead atoms. The molecule has 54 heavy (non-hydrogen) atoms. The molecule has 0 saturated carbocycles. The van der Waals surface area contributed by atoms with E-state index in [1.807, 2.05) is 12.4 Å². The van der Waals surface area contributed by atoms with E-state index in [9.17, 15) is 0 Å². The van der Waals surface area contributed by atoms with E-state index < -0.39 is 0 Å². The minimum Gasteiger partial charge on any atom is -0.309 e. The Morgan fingerprint density at radius 1 is 0.574 bits per heavy atom. The van der Waals surface area contributed by atoms with Crippen LogP contribution in [-0.2, 0) is 10.8 Å². The third-order valence-corrected chi connectivity index (χ3v) is 12.5. The van der Waals surface area contributed by atoms with Crippen LogP contribution in [0.15, 0.2) is 122 Å². The number of hydrogen-bond donors (Lipinski definition) is 0. The van der Waals surface area contributed by atoms with Crippen LogP contribution in [0, 0.1) is 0 Å². The Hall–Kier alpha value is -6.14. The predicted molar refractivity (Wildman–Crippen MR) is 228 cm³/mol. The van der Waals surface area contributed by atoms with Crippen molar-refractivity contribution in [3.63, 3.8) is 0 Å². The van der Waals surface area contributed by atoms with Crippen LogP contribution in [0.2, 0.25) is 0 Å². The second-order valence-electron chi connectivity index (χ2n) is 17.5. The van der Waals surface area contributed by atoms with E-state index in [4.69, 9.17) is 9.97 Å². The van der Waals surface area contributed by atoms with E-state index in [0.717, 1.165) is 16.9 Å². The van der Waals surface area contributed by atoms with Gasteiger partial charge in [-0.3, -0.25) is 9.97 Å². The summed E-state index contributed by atoms with van der Waals surface area (Å²) in [7, 11) is 0. The number of nitrogens with zero attached hydrogens (tertiary/aromatic N) is 5. The largest absolute Gasteiger partial charge is 0.309 e. The summed E-state index contributed by atoms with van der Waals surface area (Å²) >= 11 is 0. The van der Waals surface area contributed by atoms with Crippen molar-refractivity contribution < 1.29 is 0 Å². The zero-order chi connectivity index (χ0) is 36.4. The van der Waals surface area contributed by atoms with Crippen LogP contribution in [-0.4, -0.2) is 25.6 Å². The summed E-state index contributed by atoms with van der Waals surface area (Å²) in [4.78, 5) is 12.4. The maximum absolute atomic E-state index is 5.11. The van der Waals surface area contributed by atoms with Crippen molar-refractivity contribution in [1.82, 2.24) is 18.9 Å². The number of aromatic nitrogens is 4. The number of fused-ring (bicyclic) bond motifs is 15. The molecule has 12 rings (SSSR count). The van der Waals surface area contributed by atoms with E-state index in [2.05, 4.69) is 165 Å². The first kappa shape index (κ1) is 30.3. The number of anilines is 3. The van der Waals surface area contributed by atoms with Gasteiger partial charge in [0.15, 0.2) is 0 Å². The molecule has 2 aliphatic heterocycles. The van der Waals surface area contributed by atoms with Gasteiger partial charge in [-0.25, -0.2) is 0 Å². The number of hydrogen-bond acceptors (Lipinski definition) is 3. The molecule has 6 heteroatoms. The van der Waals surface area contributed by atoms with Crippen LogP contribution >= 0.6 is 0 Å². The third-order valence-electron chi connectivity index (χ3n) is 12.5. The zero-order valence-corrected chi connectivity index (χ0v) is 31.4. The number of pyridine rings is 2. The van der Waals surface area contributed by atoms with Crippen LogP contribution in [0.5, 0.6) is 0 Å². The van der Waals surface area contributed by atoms with Crippen LogP contribution in [0.3, 0.4) is 0 Å². The molecule has 0 saturated heterocycles. The first-order valence-electron chi connectivity index (χ1n) is 19.1. The third kappa shape index (κ3) is 3.61. The maximum atomic E-state index is 5.11. The molecule has 5 nitrogen and oxygen atoms in total. The van der Waals surface area contributed by atoms with Gasteiger partial charge in [0.25, 0.3) is 6.71 Å². The average Bonchev–Trinajstić information content (AvgIpc) is 3.81. The predicted octanol–water partition coefficient (Wildman–Crippen LogP) is 9.93. The second-order valence-corrected chi connectivity index (χ2v) is 17.5. The molecule has 2 aliphatic rings. The zero-order valence-electron chi connectivity index (χ0n) is 31.4. The summed E-state index contributed by atoms with van der Waals surface area (Å²) in [5.74, 6) is 0.